The summed E-state index contributed by atoms with van der Waals surface area (Å²) in [4.78, 5) is 27.7. The van der Waals surface area contributed by atoms with Gasteiger partial charge < -0.3 is 15.5 Å². The molecule has 1 aliphatic heterocycles. The van der Waals surface area contributed by atoms with Gasteiger partial charge in [0, 0.05) is 30.0 Å². The van der Waals surface area contributed by atoms with Crippen LogP contribution in [0, 0.1) is 12.8 Å². The van der Waals surface area contributed by atoms with E-state index in [2.05, 4.69) is 15.5 Å². The van der Waals surface area contributed by atoms with E-state index in [-0.39, 0.29) is 17.7 Å². The first kappa shape index (κ1) is 19.9. The second-order valence-electron chi connectivity index (χ2n) is 7.79. The SMILES string of the molecule is Cc1ccc(C(=O)NC(C(=O)Nc2ccc(N3CCCC3)cc2)C(C)C)cc1. The van der Waals surface area contributed by atoms with Crippen LogP contribution in [0.1, 0.15) is 42.6 Å². The number of carbonyl (C=O) groups excluding carboxylic acids is 2. The molecule has 5 nitrogen and oxygen atoms in total. The normalized spacial score (nSPS) is 14.8. The van der Waals surface area contributed by atoms with Crippen molar-refractivity contribution in [1.29, 1.82) is 0 Å². The maximum absolute atomic E-state index is 12.8. The summed E-state index contributed by atoms with van der Waals surface area (Å²) >= 11 is 0. The lowest BCUT2D eigenvalue weighted by atomic mass is 10.0. The molecule has 2 aromatic carbocycles. The second-order valence-corrected chi connectivity index (χ2v) is 7.79. The summed E-state index contributed by atoms with van der Waals surface area (Å²) in [5, 5.41) is 5.80. The predicted octanol–water partition coefficient (Wildman–Crippen LogP) is 3.99. The first-order chi connectivity index (χ1) is 13.4. The Bertz CT molecular complexity index is 807. The summed E-state index contributed by atoms with van der Waals surface area (Å²) in [6.45, 7) is 8.01. The number of benzene rings is 2. The quantitative estimate of drug-likeness (QED) is 0.798. The summed E-state index contributed by atoms with van der Waals surface area (Å²) in [7, 11) is 0. The zero-order valence-corrected chi connectivity index (χ0v) is 16.9. The molecule has 28 heavy (non-hydrogen) atoms. The number of hydrogen-bond donors (Lipinski definition) is 2. The highest BCUT2D eigenvalue weighted by molar-refractivity contribution is 6.01. The van der Waals surface area contributed by atoms with Gasteiger partial charge in [-0.2, -0.15) is 0 Å². The molecular weight excluding hydrogens is 350 g/mol. The lowest BCUT2D eigenvalue weighted by molar-refractivity contribution is -0.118. The van der Waals surface area contributed by atoms with E-state index in [1.54, 1.807) is 12.1 Å². The Morgan fingerprint density at radius 2 is 1.54 bits per heavy atom. The molecule has 1 aliphatic rings. The van der Waals surface area contributed by atoms with Crippen molar-refractivity contribution in [1.82, 2.24) is 5.32 Å². The van der Waals surface area contributed by atoms with Crippen LogP contribution in [-0.2, 0) is 4.79 Å². The summed E-state index contributed by atoms with van der Waals surface area (Å²) < 4.78 is 0. The largest absolute Gasteiger partial charge is 0.372 e. The average molecular weight is 380 g/mol. The van der Waals surface area contributed by atoms with Gasteiger partial charge in [0.05, 0.1) is 0 Å². The molecule has 0 radical (unpaired) electrons. The van der Waals surface area contributed by atoms with Crippen molar-refractivity contribution in [3.05, 3.63) is 59.7 Å². The van der Waals surface area contributed by atoms with E-state index in [4.69, 9.17) is 0 Å². The lowest BCUT2D eigenvalue weighted by Gasteiger charge is -2.22. The van der Waals surface area contributed by atoms with Gasteiger partial charge in [-0.3, -0.25) is 9.59 Å². The molecule has 2 aromatic rings. The zero-order valence-electron chi connectivity index (χ0n) is 16.9. The molecule has 0 spiro atoms. The van der Waals surface area contributed by atoms with Crippen LogP contribution in [-0.4, -0.2) is 30.9 Å². The molecule has 148 valence electrons. The molecule has 1 heterocycles. The third-order valence-corrected chi connectivity index (χ3v) is 5.16. The third kappa shape index (κ3) is 4.91. The Balaban J connectivity index is 1.64. The van der Waals surface area contributed by atoms with Gasteiger partial charge in [-0.05, 0) is 62.1 Å². The van der Waals surface area contributed by atoms with E-state index < -0.39 is 6.04 Å². The standard InChI is InChI=1S/C23H29N3O2/c1-16(2)21(25-22(27)18-8-6-17(3)7-9-18)23(28)24-19-10-12-20(13-11-19)26-14-4-5-15-26/h6-13,16,21H,4-5,14-15H2,1-3H3,(H,24,28)(H,25,27). The molecule has 2 N–H and O–H groups in total. The minimum Gasteiger partial charge on any atom is -0.372 e. The van der Waals surface area contributed by atoms with E-state index in [1.807, 2.05) is 57.2 Å². The van der Waals surface area contributed by atoms with Crippen LogP contribution in [0.2, 0.25) is 0 Å². The molecule has 1 fully saturated rings. The highest BCUT2D eigenvalue weighted by Gasteiger charge is 2.25. The molecule has 0 aliphatic carbocycles. The number of anilines is 2. The van der Waals surface area contributed by atoms with Gasteiger partial charge in [0.25, 0.3) is 5.91 Å². The van der Waals surface area contributed by atoms with Crippen molar-refractivity contribution in [3.63, 3.8) is 0 Å². The van der Waals surface area contributed by atoms with E-state index in [1.165, 1.54) is 18.5 Å². The summed E-state index contributed by atoms with van der Waals surface area (Å²) in [6.07, 6.45) is 2.46. The first-order valence-corrected chi connectivity index (χ1v) is 9.97. The number of nitrogens with zero attached hydrogens (tertiary/aromatic N) is 1. The minimum atomic E-state index is -0.605. The number of rotatable bonds is 6. The number of aryl methyl sites for hydroxylation is 1. The molecule has 3 rings (SSSR count). The maximum Gasteiger partial charge on any atom is 0.251 e. The topological polar surface area (TPSA) is 61.4 Å². The van der Waals surface area contributed by atoms with E-state index in [9.17, 15) is 9.59 Å². The Labute approximate surface area is 167 Å². The number of nitrogens with one attached hydrogen (secondary N) is 2. The maximum atomic E-state index is 12.8. The molecule has 1 saturated heterocycles. The number of hydrogen-bond acceptors (Lipinski definition) is 3. The van der Waals surface area contributed by atoms with Gasteiger partial charge in [-0.15, -0.1) is 0 Å². The van der Waals surface area contributed by atoms with Crippen molar-refractivity contribution >= 4 is 23.2 Å². The fourth-order valence-electron chi connectivity index (χ4n) is 3.42. The monoisotopic (exact) mass is 379 g/mol. The lowest BCUT2D eigenvalue weighted by Crippen LogP contribution is -2.47. The molecule has 1 atom stereocenters. The minimum absolute atomic E-state index is 0.0294. The van der Waals surface area contributed by atoms with Gasteiger partial charge in [0.15, 0.2) is 0 Å². The van der Waals surface area contributed by atoms with E-state index >= 15 is 0 Å². The van der Waals surface area contributed by atoms with Crippen molar-refractivity contribution in [2.45, 2.75) is 39.7 Å². The second kappa shape index (κ2) is 8.91. The smallest absolute Gasteiger partial charge is 0.251 e. The Morgan fingerprint density at radius 1 is 0.929 bits per heavy atom. The van der Waals surface area contributed by atoms with Crippen molar-refractivity contribution in [2.24, 2.45) is 5.92 Å². The summed E-state index contributed by atoms with van der Waals surface area (Å²) in [5.74, 6) is -0.471. The molecule has 0 bridgehead atoms. The van der Waals surface area contributed by atoms with Gasteiger partial charge in [-0.1, -0.05) is 31.5 Å². The van der Waals surface area contributed by atoms with Crippen LogP contribution in [0.4, 0.5) is 11.4 Å². The van der Waals surface area contributed by atoms with Crippen LogP contribution >= 0.6 is 0 Å². The Kier molecular flexibility index (Phi) is 6.34. The van der Waals surface area contributed by atoms with Gasteiger partial charge in [0.1, 0.15) is 6.04 Å². The number of amides is 2. The average Bonchev–Trinajstić information content (AvgIpc) is 3.21. The molecule has 0 saturated carbocycles. The van der Waals surface area contributed by atoms with Crippen molar-refractivity contribution in [2.75, 3.05) is 23.3 Å². The van der Waals surface area contributed by atoms with Gasteiger partial charge >= 0.3 is 0 Å². The fourth-order valence-corrected chi connectivity index (χ4v) is 3.42. The fraction of sp³-hybridized carbons (Fsp3) is 0.391. The first-order valence-electron chi connectivity index (χ1n) is 9.97. The predicted molar refractivity (Wildman–Crippen MR) is 114 cm³/mol. The van der Waals surface area contributed by atoms with Crippen LogP contribution in [0.25, 0.3) is 0 Å². The summed E-state index contributed by atoms with van der Waals surface area (Å²) in [5.41, 5.74) is 3.57. The van der Waals surface area contributed by atoms with Crippen molar-refractivity contribution < 1.29 is 9.59 Å². The van der Waals surface area contributed by atoms with E-state index in [0.717, 1.165) is 24.3 Å². The van der Waals surface area contributed by atoms with Crippen LogP contribution in [0.3, 0.4) is 0 Å². The van der Waals surface area contributed by atoms with Gasteiger partial charge in [-0.25, -0.2) is 0 Å². The molecule has 0 aromatic heterocycles. The highest BCUT2D eigenvalue weighted by atomic mass is 16.2. The molecule has 1 unspecified atom stereocenters. The molecule has 5 heteroatoms. The number of carbonyl (C=O) groups is 2. The van der Waals surface area contributed by atoms with Crippen molar-refractivity contribution in [3.8, 4) is 0 Å². The zero-order chi connectivity index (χ0) is 20.1. The van der Waals surface area contributed by atoms with Crippen LogP contribution in [0.15, 0.2) is 48.5 Å². The Morgan fingerprint density at radius 3 is 2.11 bits per heavy atom. The molecule has 2 amide bonds. The third-order valence-electron chi connectivity index (χ3n) is 5.16. The van der Waals surface area contributed by atoms with Crippen LogP contribution in [0.5, 0.6) is 0 Å². The van der Waals surface area contributed by atoms with Crippen LogP contribution < -0.4 is 15.5 Å². The highest BCUT2D eigenvalue weighted by Crippen LogP contribution is 2.22. The van der Waals surface area contributed by atoms with E-state index in [0.29, 0.717) is 5.56 Å². The Hall–Kier alpha value is -2.82. The van der Waals surface area contributed by atoms with Gasteiger partial charge in [0.2, 0.25) is 5.91 Å². The molecular formula is C23H29N3O2. The summed E-state index contributed by atoms with van der Waals surface area (Å²) in [6, 6.07) is 14.6.